The lowest BCUT2D eigenvalue weighted by atomic mass is 10.2. The van der Waals surface area contributed by atoms with E-state index in [0.717, 1.165) is 10.1 Å². The summed E-state index contributed by atoms with van der Waals surface area (Å²) in [5.41, 5.74) is 0.232. The minimum atomic E-state index is -0.949. The highest BCUT2D eigenvalue weighted by molar-refractivity contribution is 7.17. The monoisotopic (exact) mass is 212 g/mol. The normalized spacial score (nSPS) is 10.5. The predicted molar refractivity (Wildman–Crippen MR) is 53.8 cm³/mol. The number of carbonyl (C=O) groups is 1. The van der Waals surface area contributed by atoms with Crippen LogP contribution < -0.4 is 0 Å². The Kier molecular flexibility index (Phi) is 1.98. The molecule has 1 aromatic heterocycles. The summed E-state index contributed by atoms with van der Waals surface area (Å²) in [7, 11) is 0. The number of fused-ring (bicyclic) bond motifs is 1. The molecule has 0 saturated heterocycles. The van der Waals surface area contributed by atoms with Crippen molar-refractivity contribution < 1.29 is 9.90 Å². The van der Waals surface area contributed by atoms with Crippen molar-refractivity contribution in [1.82, 2.24) is 0 Å². The molecule has 0 amide bonds. The molecular weight excluding hydrogens is 208 g/mol. The van der Waals surface area contributed by atoms with Crippen molar-refractivity contribution in [3.05, 3.63) is 34.2 Å². The Morgan fingerprint density at radius 3 is 2.92 bits per heavy atom. The number of aromatic carboxylic acids is 1. The van der Waals surface area contributed by atoms with Crippen LogP contribution in [0.4, 0.5) is 0 Å². The van der Waals surface area contributed by atoms with Gasteiger partial charge in [0.2, 0.25) is 0 Å². The van der Waals surface area contributed by atoms with E-state index < -0.39 is 5.97 Å². The highest BCUT2D eigenvalue weighted by Crippen LogP contribution is 2.29. The molecule has 66 valence electrons. The molecule has 0 aliphatic rings. The molecular formula is C9H5ClO2S. The van der Waals surface area contributed by atoms with Gasteiger partial charge in [-0.1, -0.05) is 11.6 Å². The molecule has 1 N–H and O–H groups in total. The molecule has 2 rings (SSSR count). The molecule has 2 nitrogen and oxygen atoms in total. The zero-order chi connectivity index (χ0) is 9.42. The van der Waals surface area contributed by atoms with E-state index in [1.807, 2.05) is 11.4 Å². The van der Waals surface area contributed by atoms with Crippen LogP contribution in [-0.4, -0.2) is 11.1 Å². The molecule has 0 spiro atoms. The smallest absolute Gasteiger partial charge is 0.335 e. The first-order chi connectivity index (χ1) is 6.18. The first-order valence-electron chi connectivity index (χ1n) is 3.58. The Hall–Kier alpha value is -1.06. The van der Waals surface area contributed by atoms with Crippen LogP contribution in [0, 0.1) is 0 Å². The standard InChI is InChI=1S/C9H5ClO2S/c10-7-4-6(9(11)12)3-5-1-2-13-8(5)7/h1-4H,(H,11,12). The van der Waals surface area contributed by atoms with E-state index in [2.05, 4.69) is 0 Å². The van der Waals surface area contributed by atoms with Gasteiger partial charge in [-0.05, 0) is 29.0 Å². The van der Waals surface area contributed by atoms with E-state index in [1.54, 1.807) is 6.07 Å². The van der Waals surface area contributed by atoms with Crippen LogP contribution in [-0.2, 0) is 0 Å². The summed E-state index contributed by atoms with van der Waals surface area (Å²) >= 11 is 7.40. The van der Waals surface area contributed by atoms with Gasteiger partial charge in [-0.25, -0.2) is 4.79 Å². The number of hydrogen-bond donors (Lipinski definition) is 1. The molecule has 0 aliphatic heterocycles. The van der Waals surface area contributed by atoms with Gasteiger partial charge in [-0.2, -0.15) is 0 Å². The Bertz CT molecular complexity index is 475. The van der Waals surface area contributed by atoms with Crippen LogP contribution in [0.3, 0.4) is 0 Å². The summed E-state index contributed by atoms with van der Waals surface area (Å²) in [4.78, 5) is 10.7. The molecule has 0 saturated carbocycles. The van der Waals surface area contributed by atoms with E-state index >= 15 is 0 Å². The molecule has 4 heteroatoms. The summed E-state index contributed by atoms with van der Waals surface area (Å²) in [5.74, 6) is -0.949. The summed E-state index contributed by atoms with van der Waals surface area (Å²) in [5, 5.41) is 12.0. The Balaban J connectivity index is 2.77. The van der Waals surface area contributed by atoms with E-state index in [-0.39, 0.29) is 5.56 Å². The van der Waals surface area contributed by atoms with Gasteiger partial charge in [-0.3, -0.25) is 0 Å². The first kappa shape index (κ1) is 8.53. The Labute approximate surface area is 83.4 Å². The van der Waals surface area contributed by atoms with Gasteiger partial charge in [0.25, 0.3) is 0 Å². The number of hydrogen-bond acceptors (Lipinski definition) is 2. The second kappa shape index (κ2) is 3.01. The third kappa shape index (κ3) is 1.41. The van der Waals surface area contributed by atoms with Gasteiger partial charge in [0.1, 0.15) is 0 Å². The van der Waals surface area contributed by atoms with Crippen LogP contribution >= 0.6 is 22.9 Å². The summed E-state index contributed by atoms with van der Waals surface area (Å²) in [6, 6.07) is 4.96. The third-order valence-corrected chi connectivity index (χ3v) is 3.13. The minimum Gasteiger partial charge on any atom is -0.478 e. The van der Waals surface area contributed by atoms with Crippen molar-refractivity contribution in [2.75, 3.05) is 0 Å². The molecule has 13 heavy (non-hydrogen) atoms. The maximum atomic E-state index is 10.7. The molecule has 2 aromatic rings. The lowest BCUT2D eigenvalue weighted by Gasteiger charge is -1.97. The fraction of sp³-hybridized carbons (Fsp3) is 0. The Morgan fingerprint density at radius 2 is 2.23 bits per heavy atom. The number of benzene rings is 1. The quantitative estimate of drug-likeness (QED) is 0.788. The van der Waals surface area contributed by atoms with E-state index in [0.29, 0.717) is 5.02 Å². The molecule has 0 unspecified atom stereocenters. The second-order valence-corrected chi connectivity index (χ2v) is 3.93. The average Bonchev–Trinajstić information content (AvgIpc) is 2.51. The molecule has 0 radical (unpaired) electrons. The van der Waals surface area contributed by atoms with Crippen LogP contribution in [0.2, 0.25) is 5.02 Å². The summed E-state index contributed by atoms with van der Waals surface area (Å²) < 4.78 is 0.937. The first-order valence-corrected chi connectivity index (χ1v) is 4.84. The van der Waals surface area contributed by atoms with Crippen molar-refractivity contribution in [3.8, 4) is 0 Å². The SMILES string of the molecule is O=C(O)c1cc(Cl)c2sccc2c1. The van der Waals surface area contributed by atoms with Gasteiger partial charge in [0.15, 0.2) is 0 Å². The topological polar surface area (TPSA) is 37.3 Å². The number of carboxylic acids is 1. The van der Waals surface area contributed by atoms with Gasteiger partial charge in [0.05, 0.1) is 15.3 Å². The number of rotatable bonds is 1. The third-order valence-electron chi connectivity index (χ3n) is 1.75. The van der Waals surface area contributed by atoms with Crippen molar-refractivity contribution in [2.24, 2.45) is 0 Å². The Morgan fingerprint density at radius 1 is 1.46 bits per heavy atom. The van der Waals surface area contributed by atoms with Gasteiger partial charge >= 0.3 is 5.97 Å². The van der Waals surface area contributed by atoms with E-state index in [4.69, 9.17) is 16.7 Å². The number of thiophene rings is 1. The van der Waals surface area contributed by atoms with Crippen molar-refractivity contribution in [2.45, 2.75) is 0 Å². The summed E-state index contributed by atoms with van der Waals surface area (Å²) in [6.45, 7) is 0. The fourth-order valence-electron chi connectivity index (χ4n) is 1.16. The maximum absolute atomic E-state index is 10.7. The molecule has 1 heterocycles. The fourth-order valence-corrected chi connectivity index (χ4v) is 2.31. The van der Waals surface area contributed by atoms with Gasteiger partial charge in [-0.15, -0.1) is 11.3 Å². The van der Waals surface area contributed by atoms with Crippen LogP contribution in [0.25, 0.3) is 10.1 Å². The maximum Gasteiger partial charge on any atom is 0.335 e. The molecule has 0 fully saturated rings. The van der Waals surface area contributed by atoms with E-state index in [1.165, 1.54) is 17.4 Å². The average molecular weight is 213 g/mol. The van der Waals surface area contributed by atoms with Crippen molar-refractivity contribution in [3.63, 3.8) is 0 Å². The van der Waals surface area contributed by atoms with Gasteiger partial charge < -0.3 is 5.11 Å². The second-order valence-electron chi connectivity index (χ2n) is 2.60. The number of halogens is 1. The zero-order valence-corrected chi connectivity index (χ0v) is 8.02. The highest BCUT2D eigenvalue weighted by atomic mass is 35.5. The van der Waals surface area contributed by atoms with Crippen molar-refractivity contribution >= 4 is 39.0 Å². The molecule has 1 aromatic carbocycles. The van der Waals surface area contributed by atoms with Crippen LogP contribution in [0.1, 0.15) is 10.4 Å². The lowest BCUT2D eigenvalue weighted by molar-refractivity contribution is 0.0697. The van der Waals surface area contributed by atoms with Crippen molar-refractivity contribution in [1.29, 1.82) is 0 Å². The largest absolute Gasteiger partial charge is 0.478 e. The zero-order valence-electron chi connectivity index (χ0n) is 6.45. The lowest BCUT2D eigenvalue weighted by Crippen LogP contribution is -1.94. The molecule has 0 atom stereocenters. The van der Waals surface area contributed by atoms with Crippen LogP contribution in [0.15, 0.2) is 23.6 Å². The van der Waals surface area contributed by atoms with Crippen LogP contribution in [0.5, 0.6) is 0 Å². The molecule has 0 aliphatic carbocycles. The number of carboxylic acid groups (broad SMARTS) is 1. The molecule has 0 bridgehead atoms. The van der Waals surface area contributed by atoms with E-state index in [9.17, 15) is 4.79 Å². The summed E-state index contributed by atoms with van der Waals surface area (Å²) in [6.07, 6.45) is 0. The predicted octanol–water partition coefficient (Wildman–Crippen LogP) is 3.25. The van der Waals surface area contributed by atoms with Gasteiger partial charge in [0, 0.05) is 0 Å². The minimum absolute atomic E-state index is 0.232. The highest BCUT2D eigenvalue weighted by Gasteiger charge is 2.07.